The molecule has 1 heterocycles. The van der Waals surface area contributed by atoms with Gasteiger partial charge in [-0.3, -0.25) is 5.10 Å². The number of alkyl halides is 4. The Morgan fingerprint density at radius 2 is 2.12 bits per heavy atom. The summed E-state index contributed by atoms with van der Waals surface area (Å²) in [6.07, 6.45) is -3.43. The molecule has 0 atom stereocenters. The Balaban J connectivity index is 2.99. The van der Waals surface area contributed by atoms with Crippen LogP contribution in [0.5, 0.6) is 0 Å². The maximum absolute atomic E-state index is 12.3. The third-order valence-corrected chi connectivity index (χ3v) is 3.91. The second kappa shape index (κ2) is 5.36. The molecule has 10 heteroatoms. The number of H-pyrrole nitrogens is 1. The topological polar surface area (TPSA) is 66.1 Å². The highest BCUT2D eigenvalue weighted by atomic mass is 79.9. The summed E-state index contributed by atoms with van der Waals surface area (Å²) in [6, 6.07) is 1.10. The summed E-state index contributed by atoms with van der Waals surface area (Å²) in [5, 5.41) is 5.29. The first-order valence-electron chi connectivity index (χ1n) is 4.39. The van der Waals surface area contributed by atoms with Crippen molar-refractivity contribution in [2.24, 2.45) is 0 Å². The third-order valence-electron chi connectivity index (χ3n) is 1.78. The lowest BCUT2D eigenvalue weighted by Crippen LogP contribution is -2.40. The zero-order valence-electron chi connectivity index (χ0n) is 8.41. The largest absolute Gasteiger partial charge is 0.402 e. The molecule has 5 nitrogen and oxygen atoms in total. The number of rotatable bonds is 5. The zero-order valence-corrected chi connectivity index (χ0v) is 10.8. The van der Waals surface area contributed by atoms with Crippen LogP contribution in [0.1, 0.15) is 0 Å². The van der Waals surface area contributed by atoms with Gasteiger partial charge in [0, 0.05) is 11.9 Å². The van der Waals surface area contributed by atoms with Gasteiger partial charge in [0.15, 0.2) is 5.03 Å². The van der Waals surface area contributed by atoms with Crippen molar-refractivity contribution < 1.29 is 21.6 Å². The van der Waals surface area contributed by atoms with Gasteiger partial charge in [0.1, 0.15) is 6.54 Å². The number of halogens is 4. The lowest BCUT2D eigenvalue weighted by molar-refractivity contribution is -0.135. The maximum atomic E-state index is 12.3. The number of nitrogens with zero attached hydrogens (tertiary/aromatic N) is 2. The summed E-state index contributed by atoms with van der Waals surface area (Å²) in [5.41, 5.74) is 0. The lowest BCUT2D eigenvalue weighted by Gasteiger charge is -2.21. The Morgan fingerprint density at radius 1 is 1.47 bits per heavy atom. The third kappa shape index (κ3) is 3.96. The van der Waals surface area contributed by atoms with Gasteiger partial charge >= 0.3 is 6.18 Å². The molecule has 0 fully saturated rings. The van der Waals surface area contributed by atoms with Crippen molar-refractivity contribution in [3.8, 4) is 0 Å². The number of aromatic amines is 1. The van der Waals surface area contributed by atoms with E-state index in [9.17, 15) is 21.6 Å². The van der Waals surface area contributed by atoms with Crippen molar-refractivity contribution in [1.29, 1.82) is 0 Å². The number of aromatic nitrogens is 2. The minimum atomic E-state index is -4.59. The van der Waals surface area contributed by atoms with E-state index in [0.717, 1.165) is 12.3 Å². The Hall–Kier alpha value is -0.610. The minimum Gasteiger partial charge on any atom is -0.266 e. The van der Waals surface area contributed by atoms with Crippen molar-refractivity contribution in [3.05, 3.63) is 12.3 Å². The van der Waals surface area contributed by atoms with Crippen molar-refractivity contribution in [2.45, 2.75) is 11.2 Å². The van der Waals surface area contributed by atoms with E-state index in [2.05, 4.69) is 26.1 Å². The van der Waals surface area contributed by atoms with Gasteiger partial charge in [-0.25, -0.2) is 8.42 Å². The fourth-order valence-electron chi connectivity index (χ4n) is 1.10. The Bertz CT molecular complexity index is 445. The van der Waals surface area contributed by atoms with Crippen LogP contribution in [0.15, 0.2) is 17.3 Å². The van der Waals surface area contributed by atoms with Crippen LogP contribution in [0, 0.1) is 0 Å². The Morgan fingerprint density at radius 3 is 2.53 bits per heavy atom. The molecule has 0 aliphatic carbocycles. The van der Waals surface area contributed by atoms with Crippen LogP contribution < -0.4 is 0 Å². The van der Waals surface area contributed by atoms with Gasteiger partial charge in [-0.05, 0) is 6.07 Å². The molecule has 98 valence electrons. The molecule has 0 saturated carbocycles. The molecule has 1 rings (SSSR count). The fourth-order valence-corrected chi connectivity index (χ4v) is 3.09. The average molecular weight is 336 g/mol. The van der Waals surface area contributed by atoms with E-state index in [1.54, 1.807) is 0 Å². The molecule has 0 amide bonds. The fraction of sp³-hybridized carbons (Fsp3) is 0.571. The quantitative estimate of drug-likeness (QED) is 0.826. The van der Waals surface area contributed by atoms with Crippen molar-refractivity contribution in [3.63, 3.8) is 0 Å². The molecule has 0 bridgehead atoms. The minimum absolute atomic E-state index is 0.108. The SMILES string of the molecule is O=S(=O)(c1ccn[nH]1)N(CCBr)CC(F)(F)F. The number of hydrogen-bond donors (Lipinski definition) is 1. The van der Waals surface area contributed by atoms with E-state index in [1.807, 2.05) is 0 Å². The van der Waals surface area contributed by atoms with Gasteiger partial charge in [0.2, 0.25) is 0 Å². The van der Waals surface area contributed by atoms with Crippen LogP contribution in [-0.2, 0) is 10.0 Å². The molecule has 0 unspecified atom stereocenters. The molecule has 1 aromatic heterocycles. The highest BCUT2D eigenvalue weighted by Crippen LogP contribution is 2.21. The van der Waals surface area contributed by atoms with Crippen LogP contribution in [0.4, 0.5) is 13.2 Å². The summed E-state index contributed by atoms with van der Waals surface area (Å²) < 4.78 is 60.7. The summed E-state index contributed by atoms with van der Waals surface area (Å²) >= 11 is 2.91. The first kappa shape index (κ1) is 14.5. The molecule has 17 heavy (non-hydrogen) atoms. The monoisotopic (exact) mass is 335 g/mol. The summed E-state index contributed by atoms with van der Waals surface area (Å²) in [7, 11) is -4.19. The number of hydrogen-bond acceptors (Lipinski definition) is 3. The summed E-state index contributed by atoms with van der Waals surface area (Å²) in [5.74, 6) is 0. The second-order valence-corrected chi connectivity index (χ2v) is 5.76. The molecule has 1 N–H and O–H groups in total. The van der Waals surface area contributed by atoms with E-state index >= 15 is 0 Å². The van der Waals surface area contributed by atoms with Gasteiger partial charge in [-0.2, -0.15) is 22.6 Å². The molecule has 0 aliphatic heterocycles. The van der Waals surface area contributed by atoms with E-state index in [0.29, 0.717) is 4.31 Å². The van der Waals surface area contributed by atoms with Crippen LogP contribution in [0.3, 0.4) is 0 Å². The predicted octanol–water partition coefficient (Wildman–Crippen LogP) is 1.36. The zero-order chi connectivity index (χ0) is 13.1. The highest BCUT2D eigenvalue weighted by Gasteiger charge is 2.37. The standard InChI is InChI=1S/C7H9BrF3N3O2S/c8-2-4-14(5-7(9,10)11)17(15,16)6-1-3-12-13-6/h1,3H,2,4-5H2,(H,12,13). The maximum Gasteiger partial charge on any atom is 0.402 e. The van der Waals surface area contributed by atoms with Crippen LogP contribution >= 0.6 is 15.9 Å². The Kier molecular flexibility index (Phi) is 4.55. The van der Waals surface area contributed by atoms with E-state index in [4.69, 9.17) is 0 Å². The van der Waals surface area contributed by atoms with Crippen molar-refractivity contribution in [1.82, 2.24) is 14.5 Å². The molecular weight excluding hydrogens is 327 g/mol. The lowest BCUT2D eigenvalue weighted by atomic mass is 10.6. The van der Waals surface area contributed by atoms with Crippen LogP contribution in [0.25, 0.3) is 0 Å². The molecule has 1 aromatic rings. The molecule has 0 aliphatic rings. The highest BCUT2D eigenvalue weighted by molar-refractivity contribution is 9.09. The van der Waals surface area contributed by atoms with Gasteiger partial charge in [0.25, 0.3) is 10.0 Å². The molecule has 0 aromatic carbocycles. The van der Waals surface area contributed by atoms with Gasteiger partial charge < -0.3 is 0 Å². The van der Waals surface area contributed by atoms with Crippen LogP contribution in [0.2, 0.25) is 0 Å². The second-order valence-electron chi connectivity index (χ2n) is 3.06. The van der Waals surface area contributed by atoms with Gasteiger partial charge in [0.05, 0.1) is 6.20 Å². The van der Waals surface area contributed by atoms with Crippen molar-refractivity contribution in [2.75, 3.05) is 18.4 Å². The van der Waals surface area contributed by atoms with E-state index in [1.165, 1.54) is 0 Å². The first-order chi connectivity index (χ1) is 7.77. The van der Waals surface area contributed by atoms with Crippen molar-refractivity contribution >= 4 is 26.0 Å². The van der Waals surface area contributed by atoms with Gasteiger partial charge in [-0.1, -0.05) is 15.9 Å². The number of nitrogens with one attached hydrogen (secondary N) is 1. The smallest absolute Gasteiger partial charge is 0.266 e. The predicted molar refractivity (Wildman–Crippen MR) is 57.2 cm³/mol. The molecule has 0 radical (unpaired) electrons. The molecule has 0 saturated heterocycles. The molecule has 0 spiro atoms. The number of sulfonamides is 1. The van der Waals surface area contributed by atoms with E-state index in [-0.39, 0.29) is 16.9 Å². The summed E-state index contributed by atoms with van der Waals surface area (Å²) in [4.78, 5) is 0. The van der Waals surface area contributed by atoms with Gasteiger partial charge in [-0.15, -0.1) is 0 Å². The molecular formula is C7H9BrF3N3O2S. The summed E-state index contributed by atoms with van der Waals surface area (Å²) in [6.45, 7) is -1.80. The van der Waals surface area contributed by atoms with Crippen LogP contribution in [-0.4, -0.2) is 47.5 Å². The average Bonchev–Trinajstić information content (AvgIpc) is 2.68. The van der Waals surface area contributed by atoms with E-state index < -0.39 is 22.7 Å². The first-order valence-corrected chi connectivity index (χ1v) is 6.96. The Labute approximate surface area is 104 Å². The normalized spacial score (nSPS) is 13.2.